The number of hydrogen-bond donors (Lipinski definition) is 1. The highest BCUT2D eigenvalue weighted by Gasteiger charge is 2.14. The van der Waals surface area contributed by atoms with E-state index in [9.17, 15) is 0 Å². The lowest BCUT2D eigenvalue weighted by Crippen LogP contribution is -2.02. The Morgan fingerprint density at radius 3 is 2.47 bits per heavy atom. The lowest BCUT2D eigenvalue weighted by molar-refractivity contribution is 0.354. The van der Waals surface area contributed by atoms with Crippen LogP contribution in [-0.2, 0) is 6.42 Å². The minimum absolute atomic E-state index is 0.552. The molecular weight excluding hydrogens is 244 g/mol. The second-order valence-corrected chi connectivity index (χ2v) is 4.24. The summed E-state index contributed by atoms with van der Waals surface area (Å²) in [7, 11) is 3.22. The van der Waals surface area contributed by atoms with Crippen molar-refractivity contribution >= 4 is 0 Å². The van der Waals surface area contributed by atoms with E-state index in [4.69, 9.17) is 19.7 Å². The Morgan fingerprint density at radius 1 is 1.16 bits per heavy atom. The number of ether oxygens (including phenoxy) is 2. The zero-order valence-corrected chi connectivity index (χ0v) is 11.4. The first kappa shape index (κ1) is 13.4. The Kier molecular flexibility index (Phi) is 4.06. The molecule has 2 rings (SSSR count). The second kappa shape index (κ2) is 5.75. The molecule has 0 aliphatic heterocycles. The van der Waals surface area contributed by atoms with E-state index in [-0.39, 0.29) is 0 Å². The summed E-state index contributed by atoms with van der Waals surface area (Å²) < 4.78 is 15.9. The Hall–Kier alpha value is -2.01. The molecule has 0 aliphatic rings. The van der Waals surface area contributed by atoms with E-state index < -0.39 is 0 Å². The van der Waals surface area contributed by atoms with Gasteiger partial charge in [-0.3, -0.25) is 0 Å². The summed E-state index contributed by atoms with van der Waals surface area (Å²) in [5.41, 5.74) is 8.33. The standard InChI is InChI=1S/C14H18N2O3/c1-9-6-13(17-2)14(18-3)8-11(9)12-7-10(4-5-15)16-19-12/h6-8H,4-5,15H2,1-3H3. The maximum Gasteiger partial charge on any atom is 0.167 e. The molecule has 0 atom stereocenters. The number of hydrogen-bond acceptors (Lipinski definition) is 5. The Bertz CT molecular complexity index is 564. The first-order valence-electron chi connectivity index (χ1n) is 6.08. The summed E-state index contributed by atoms with van der Waals surface area (Å²) in [5, 5.41) is 3.99. The quantitative estimate of drug-likeness (QED) is 0.894. The molecule has 0 unspecified atom stereocenters. The van der Waals surface area contributed by atoms with E-state index in [1.807, 2.05) is 25.1 Å². The van der Waals surface area contributed by atoms with Gasteiger partial charge in [-0.1, -0.05) is 5.16 Å². The van der Waals surface area contributed by atoms with Crippen molar-refractivity contribution in [3.8, 4) is 22.8 Å². The van der Waals surface area contributed by atoms with Crippen molar-refractivity contribution in [2.75, 3.05) is 20.8 Å². The number of nitrogens with two attached hydrogens (primary N) is 1. The molecule has 0 fully saturated rings. The van der Waals surface area contributed by atoms with Gasteiger partial charge in [-0.15, -0.1) is 0 Å². The monoisotopic (exact) mass is 262 g/mol. The van der Waals surface area contributed by atoms with Crippen molar-refractivity contribution in [3.05, 3.63) is 29.5 Å². The van der Waals surface area contributed by atoms with E-state index in [0.29, 0.717) is 30.2 Å². The van der Waals surface area contributed by atoms with E-state index in [0.717, 1.165) is 16.8 Å². The van der Waals surface area contributed by atoms with E-state index >= 15 is 0 Å². The number of aryl methyl sites for hydroxylation is 1. The van der Waals surface area contributed by atoms with Gasteiger partial charge in [0.1, 0.15) is 0 Å². The molecule has 0 spiro atoms. The fraction of sp³-hybridized carbons (Fsp3) is 0.357. The first-order valence-corrected chi connectivity index (χ1v) is 6.08. The van der Waals surface area contributed by atoms with E-state index in [2.05, 4.69) is 5.16 Å². The molecule has 0 saturated carbocycles. The van der Waals surface area contributed by atoms with Gasteiger partial charge in [0.2, 0.25) is 0 Å². The number of aromatic nitrogens is 1. The number of rotatable bonds is 5. The third-order valence-electron chi connectivity index (χ3n) is 2.96. The third kappa shape index (κ3) is 2.71. The SMILES string of the molecule is COc1cc(C)c(-c2cc(CCN)no2)cc1OC. The highest BCUT2D eigenvalue weighted by Crippen LogP contribution is 2.35. The van der Waals surface area contributed by atoms with Gasteiger partial charge >= 0.3 is 0 Å². The van der Waals surface area contributed by atoms with Crippen molar-refractivity contribution in [1.29, 1.82) is 0 Å². The smallest absolute Gasteiger partial charge is 0.167 e. The average molecular weight is 262 g/mol. The Balaban J connectivity index is 2.42. The zero-order valence-electron chi connectivity index (χ0n) is 11.4. The summed E-state index contributed by atoms with van der Waals surface area (Å²) in [6.45, 7) is 2.54. The Labute approximate surface area is 112 Å². The minimum Gasteiger partial charge on any atom is -0.493 e. The van der Waals surface area contributed by atoms with Crippen LogP contribution >= 0.6 is 0 Å². The molecule has 19 heavy (non-hydrogen) atoms. The third-order valence-corrected chi connectivity index (χ3v) is 2.96. The molecule has 5 nitrogen and oxygen atoms in total. The van der Waals surface area contributed by atoms with E-state index in [1.54, 1.807) is 14.2 Å². The van der Waals surface area contributed by atoms with Crippen molar-refractivity contribution in [3.63, 3.8) is 0 Å². The summed E-state index contributed by atoms with van der Waals surface area (Å²) in [6.07, 6.45) is 0.704. The van der Waals surface area contributed by atoms with Crippen molar-refractivity contribution in [1.82, 2.24) is 5.16 Å². The van der Waals surface area contributed by atoms with Crippen LogP contribution in [0.3, 0.4) is 0 Å². The number of nitrogens with zero attached hydrogens (tertiary/aromatic N) is 1. The lowest BCUT2D eigenvalue weighted by atomic mass is 10.0. The molecule has 1 aromatic carbocycles. The normalized spacial score (nSPS) is 10.5. The average Bonchev–Trinajstić information content (AvgIpc) is 2.87. The first-order chi connectivity index (χ1) is 9.19. The molecular formula is C14H18N2O3. The van der Waals surface area contributed by atoms with Crippen LogP contribution in [0.1, 0.15) is 11.3 Å². The fourth-order valence-corrected chi connectivity index (χ4v) is 1.95. The molecule has 5 heteroatoms. The van der Waals surface area contributed by atoms with Crippen molar-refractivity contribution < 1.29 is 14.0 Å². The van der Waals surface area contributed by atoms with Crippen LogP contribution in [0.25, 0.3) is 11.3 Å². The highest BCUT2D eigenvalue weighted by molar-refractivity contribution is 5.67. The van der Waals surface area contributed by atoms with Crippen LogP contribution in [0.4, 0.5) is 0 Å². The van der Waals surface area contributed by atoms with Gasteiger partial charge in [-0.2, -0.15) is 0 Å². The van der Waals surface area contributed by atoms with Gasteiger partial charge in [0.05, 0.1) is 19.9 Å². The van der Waals surface area contributed by atoms with Crippen LogP contribution in [0.5, 0.6) is 11.5 Å². The molecule has 0 saturated heterocycles. The Morgan fingerprint density at radius 2 is 1.84 bits per heavy atom. The summed E-state index contributed by atoms with van der Waals surface area (Å²) >= 11 is 0. The lowest BCUT2D eigenvalue weighted by Gasteiger charge is -2.10. The summed E-state index contributed by atoms with van der Waals surface area (Å²) in [5.74, 6) is 2.08. The molecule has 0 radical (unpaired) electrons. The second-order valence-electron chi connectivity index (χ2n) is 4.24. The number of benzene rings is 1. The molecule has 2 N–H and O–H groups in total. The van der Waals surface area contributed by atoms with Gasteiger partial charge in [0, 0.05) is 18.1 Å². The molecule has 1 aromatic heterocycles. The van der Waals surface area contributed by atoms with Crippen LogP contribution in [0, 0.1) is 6.92 Å². The van der Waals surface area contributed by atoms with Gasteiger partial charge in [0.25, 0.3) is 0 Å². The maximum atomic E-state index is 5.50. The van der Waals surface area contributed by atoms with Crippen LogP contribution in [0.2, 0.25) is 0 Å². The van der Waals surface area contributed by atoms with Crippen LogP contribution in [0.15, 0.2) is 22.7 Å². The molecule has 1 heterocycles. The number of methoxy groups -OCH3 is 2. The molecule has 102 valence electrons. The van der Waals surface area contributed by atoms with Crippen LogP contribution < -0.4 is 15.2 Å². The molecule has 2 aromatic rings. The predicted octanol–water partition coefficient (Wildman–Crippen LogP) is 2.17. The van der Waals surface area contributed by atoms with Gasteiger partial charge < -0.3 is 19.7 Å². The van der Waals surface area contributed by atoms with Crippen LogP contribution in [-0.4, -0.2) is 25.9 Å². The van der Waals surface area contributed by atoms with Crippen molar-refractivity contribution in [2.45, 2.75) is 13.3 Å². The predicted molar refractivity (Wildman–Crippen MR) is 72.5 cm³/mol. The van der Waals surface area contributed by atoms with Gasteiger partial charge in [-0.05, 0) is 31.2 Å². The molecule has 0 amide bonds. The van der Waals surface area contributed by atoms with Crippen molar-refractivity contribution in [2.24, 2.45) is 5.73 Å². The fourth-order valence-electron chi connectivity index (χ4n) is 1.95. The molecule has 0 bridgehead atoms. The minimum atomic E-state index is 0.552. The van der Waals surface area contributed by atoms with E-state index in [1.165, 1.54) is 0 Å². The maximum absolute atomic E-state index is 5.50. The highest BCUT2D eigenvalue weighted by atomic mass is 16.5. The summed E-state index contributed by atoms with van der Waals surface area (Å²) in [6, 6.07) is 5.71. The zero-order chi connectivity index (χ0) is 13.8. The summed E-state index contributed by atoms with van der Waals surface area (Å²) in [4.78, 5) is 0. The van der Waals surface area contributed by atoms with Gasteiger partial charge in [-0.25, -0.2) is 0 Å². The largest absolute Gasteiger partial charge is 0.493 e. The van der Waals surface area contributed by atoms with Gasteiger partial charge in [0.15, 0.2) is 17.3 Å². The topological polar surface area (TPSA) is 70.5 Å². The molecule has 0 aliphatic carbocycles.